The fourth-order valence-electron chi connectivity index (χ4n) is 2.08. The molecule has 1 aromatic rings. The van der Waals surface area contributed by atoms with Gasteiger partial charge in [0, 0.05) is 24.2 Å². The highest BCUT2D eigenvalue weighted by atomic mass is 79.9. The second kappa shape index (κ2) is 7.48. The molecule has 0 aromatic heterocycles. The van der Waals surface area contributed by atoms with Crippen molar-refractivity contribution in [2.45, 2.75) is 32.0 Å². The average Bonchev–Trinajstić information content (AvgIpc) is 2.86. The molecule has 19 heavy (non-hydrogen) atoms. The van der Waals surface area contributed by atoms with Crippen molar-refractivity contribution in [3.05, 3.63) is 27.7 Å². The normalized spacial score (nSPS) is 20.5. The molecule has 0 radical (unpaired) electrons. The van der Waals surface area contributed by atoms with Gasteiger partial charge in [-0.1, -0.05) is 27.5 Å². The third-order valence-electron chi connectivity index (χ3n) is 3.05. The molecular weight excluding hydrogens is 330 g/mol. The predicted molar refractivity (Wildman–Crippen MR) is 81.1 cm³/mol. The van der Waals surface area contributed by atoms with E-state index in [9.17, 15) is 0 Å². The maximum Gasteiger partial charge on any atom is 0.138 e. The van der Waals surface area contributed by atoms with E-state index in [2.05, 4.69) is 21.2 Å². The maximum atomic E-state index is 6.12. The van der Waals surface area contributed by atoms with Crippen LogP contribution in [0.4, 0.5) is 0 Å². The SMILES string of the molecule is CC(CNCC1CCCO1)Oc1ccc(Br)cc1Cl. The molecule has 2 rings (SSSR count). The molecule has 5 heteroatoms. The van der Waals surface area contributed by atoms with Gasteiger partial charge < -0.3 is 14.8 Å². The molecule has 1 saturated heterocycles. The Kier molecular flexibility index (Phi) is 5.95. The first kappa shape index (κ1) is 15.1. The fourth-order valence-corrected chi connectivity index (χ4v) is 2.80. The quantitative estimate of drug-likeness (QED) is 0.851. The van der Waals surface area contributed by atoms with Gasteiger partial charge >= 0.3 is 0 Å². The van der Waals surface area contributed by atoms with Crippen LogP contribution < -0.4 is 10.1 Å². The largest absolute Gasteiger partial charge is 0.488 e. The Labute approximate surface area is 127 Å². The van der Waals surface area contributed by atoms with Crippen molar-refractivity contribution in [1.82, 2.24) is 5.32 Å². The Morgan fingerprint density at radius 1 is 1.58 bits per heavy atom. The fraction of sp³-hybridized carbons (Fsp3) is 0.571. The predicted octanol–water partition coefficient (Wildman–Crippen LogP) is 3.64. The standard InChI is InChI=1S/C14H19BrClNO2/c1-10(8-17-9-12-3-2-6-18-12)19-14-5-4-11(15)7-13(14)16/h4-5,7,10,12,17H,2-3,6,8-9H2,1H3. The van der Waals surface area contributed by atoms with Crippen molar-refractivity contribution in [3.63, 3.8) is 0 Å². The summed E-state index contributed by atoms with van der Waals surface area (Å²) in [4.78, 5) is 0. The molecule has 1 N–H and O–H groups in total. The van der Waals surface area contributed by atoms with Crippen molar-refractivity contribution in [1.29, 1.82) is 0 Å². The molecule has 1 aliphatic heterocycles. The minimum Gasteiger partial charge on any atom is -0.488 e. The van der Waals surface area contributed by atoms with Crippen LogP contribution in [0.1, 0.15) is 19.8 Å². The van der Waals surface area contributed by atoms with Crippen molar-refractivity contribution in [2.24, 2.45) is 0 Å². The number of benzene rings is 1. The van der Waals surface area contributed by atoms with Gasteiger partial charge in [0.05, 0.1) is 11.1 Å². The van der Waals surface area contributed by atoms with E-state index in [-0.39, 0.29) is 6.10 Å². The topological polar surface area (TPSA) is 30.5 Å². The zero-order chi connectivity index (χ0) is 13.7. The van der Waals surface area contributed by atoms with Crippen molar-refractivity contribution in [2.75, 3.05) is 19.7 Å². The Morgan fingerprint density at radius 2 is 2.42 bits per heavy atom. The van der Waals surface area contributed by atoms with E-state index in [4.69, 9.17) is 21.1 Å². The zero-order valence-electron chi connectivity index (χ0n) is 11.0. The van der Waals surface area contributed by atoms with E-state index < -0.39 is 0 Å². The summed E-state index contributed by atoms with van der Waals surface area (Å²) in [6, 6.07) is 5.64. The number of hydrogen-bond acceptors (Lipinski definition) is 3. The Hall–Kier alpha value is -0.290. The van der Waals surface area contributed by atoms with Crippen LogP contribution in [0.5, 0.6) is 5.75 Å². The minimum atomic E-state index is 0.0695. The summed E-state index contributed by atoms with van der Waals surface area (Å²) in [6.07, 6.45) is 2.76. The molecule has 0 spiro atoms. The first-order valence-electron chi connectivity index (χ1n) is 6.59. The van der Waals surface area contributed by atoms with Crippen molar-refractivity contribution in [3.8, 4) is 5.75 Å². The molecule has 1 aromatic carbocycles. The molecule has 0 saturated carbocycles. The van der Waals surface area contributed by atoms with Crippen LogP contribution in [-0.2, 0) is 4.74 Å². The first-order chi connectivity index (χ1) is 9.15. The molecule has 3 nitrogen and oxygen atoms in total. The lowest BCUT2D eigenvalue weighted by Crippen LogP contribution is -2.34. The zero-order valence-corrected chi connectivity index (χ0v) is 13.3. The number of hydrogen-bond donors (Lipinski definition) is 1. The van der Waals surface area contributed by atoms with Crippen LogP contribution in [0.25, 0.3) is 0 Å². The van der Waals surface area contributed by atoms with Crippen LogP contribution in [0.2, 0.25) is 5.02 Å². The second-order valence-corrected chi connectivity index (χ2v) is 6.12. The Bertz CT molecular complexity index is 410. The first-order valence-corrected chi connectivity index (χ1v) is 7.76. The van der Waals surface area contributed by atoms with Gasteiger partial charge in [0.2, 0.25) is 0 Å². The summed E-state index contributed by atoms with van der Waals surface area (Å²) in [6.45, 7) is 4.60. The van der Waals surface area contributed by atoms with Gasteiger partial charge in [-0.25, -0.2) is 0 Å². The van der Waals surface area contributed by atoms with E-state index in [1.54, 1.807) is 0 Å². The summed E-state index contributed by atoms with van der Waals surface area (Å²) in [7, 11) is 0. The molecule has 0 aliphatic carbocycles. The summed E-state index contributed by atoms with van der Waals surface area (Å²) in [5, 5.41) is 4.00. The average molecular weight is 349 g/mol. The van der Waals surface area contributed by atoms with Gasteiger partial charge in [-0.15, -0.1) is 0 Å². The maximum absolute atomic E-state index is 6.12. The van der Waals surface area contributed by atoms with Crippen LogP contribution in [0, 0.1) is 0 Å². The second-order valence-electron chi connectivity index (χ2n) is 4.80. The monoisotopic (exact) mass is 347 g/mol. The number of rotatable bonds is 6. The van der Waals surface area contributed by atoms with Crippen LogP contribution in [0.3, 0.4) is 0 Å². The molecular formula is C14H19BrClNO2. The van der Waals surface area contributed by atoms with Gasteiger partial charge in [-0.05, 0) is 38.0 Å². The highest BCUT2D eigenvalue weighted by Crippen LogP contribution is 2.28. The number of nitrogens with one attached hydrogen (secondary N) is 1. The van der Waals surface area contributed by atoms with E-state index in [0.29, 0.717) is 11.1 Å². The molecule has 1 aliphatic rings. The summed E-state index contributed by atoms with van der Waals surface area (Å²) in [5.41, 5.74) is 0. The smallest absolute Gasteiger partial charge is 0.138 e. The third kappa shape index (κ3) is 4.95. The molecule has 0 bridgehead atoms. The molecule has 1 fully saturated rings. The molecule has 2 atom stereocenters. The summed E-state index contributed by atoms with van der Waals surface area (Å²) in [5.74, 6) is 0.719. The van der Waals surface area contributed by atoms with E-state index >= 15 is 0 Å². The Morgan fingerprint density at radius 3 is 3.11 bits per heavy atom. The van der Waals surface area contributed by atoms with E-state index in [0.717, 1.165) is 36.3 Å². The van der Waals surface area contributed by atoms with E-state index in [1.807, 2.05) is 25.1 Å². The van der Waals surface area contributed by atoms with Gasteiger partial charge in [-0.2, -0.15) is 0 Å². The number of ether oxygens (including phenoxy) is 2. The number of halogens is 2. The molecule has 1 heterocycles. The van der Waals surface area contributed by atoms with Crippen LogP contribution in [0.15, 0.2) is 22.7 Å². The van der Waals surface area contributed by atoms with Crippen LogP contribution >= 0.6 is 27.5 Å². The van der Waals surface area contributed by atoms with Crippen molar-refractivity contribution >= 4 is 27.5 Å². The lowest BCUT2D eigenvalue weighted by Gasteiger charge is -2.18. The van der Waals surface area contributed by atoms with E-state index in [1.165, 1.54) is 6.42 Å². The molecule has 0 amide bonds. The van der Waals surface area contributed by atoms with Gasteiger partial charge in [-0.3, -0.25) is 0 Å². The summed E-state index contributed by atoms with van der Waals surface area (Å²) < 4.78 is 12.3. The molecule has 2 unspecified atom stereocenters. The summed E-state index contributed by atoms with van der Waals surface area (Å²) >= 11 is 9.49. The van der Waals surface area contributed by atoms with Gasteiger partial charge in [0.15, 0.2) is 0 Å². The van der Waals surface area contributed by atoms with Crippen molar-refractivity contribution < 1.29 is 9.47 Å². The van der Waals surface area contributed by atoms with Gasteiger partial charge in [0.25, 0.3) is 0 Å². The highest BCUT2D eigenvalue weighted by molar-refractivity contribution is 9.10. The minimum absolute atomic E-state index is 0.0695. The highest BCUT2D eigenvalue weighted by Gasteiger charge is 2.15. The lowest BCUT2D eigenvalue weighted by atomic mass is 10.2. The lowest BCUT2D eigenvalue weighted by molar-refractivity contribution is 0.106. The molecule has 106 valence electrons. The van der Waals surface area contributed by atoms with Gasteiger partial charge in [0.1, 0.15) is 11.9 Å². The third-order valence-corrected chi connectivity index (χ3v) is 3.84. The van der Waals surface area contributed by atoms with Crippen LogP contribution in [-0.4, -0.2) is 31.9 Å². The Balaban J connectivity index is 1.72.